The van der Waals surface area contributed by atoms with Crippen LogP contribution in [0, 0.1) is 12.8 Å². The van der Waals surface area contributed by atoms with Crippen LogP contribution in [0.3, 0.4) is 0 Å². The molecule has 0 saturated carbocycles. The number of para-hydroxylation sites is 1. The van der Waals surface area contributed by atoms with Crippen molar-refractivity contribution in [1.82, 2.24) is 0 Å². The molecule has 40 heavy (non-hydrogen) atoms. The van der Waals surface area contributed by atoms with Crippen molar-refractivity contribution >= 4 is 50.9 Å². The normalized spacial score (nSPS) is 23.9. The Balaban J connectivity index is 1.55. The van der Waals surface area contributed by atoms with E-state index in [9.17, 15) is 14.4 Å². The first-order valence-electron chi connectivity index (χ1n) is 13.3. The van der Waals surface area contributed by atoms with Gasteiger partial charge in [0.15, 0.2) is 11.6 Å². The molecule has 0 unspecified atom stereocenters. The predicted octanol–water partition coefficient (Wildman–Crippen LogP) is 6.61. The van der Waals surface area contributed by atoms with Crippen LogP contribution in [-0.4, -0.2) is 29.6 Å². The standard InChI is InChI=1S/C34H25BrN2O3/c1-20-11-12-21-15-18-28-34(25-9-5-6-10-26(25)36-33(34)40)29(31(38)23-13-16-24(35)17-14-23)30(37(28)27(21)19-20)32(39)22-7-3-2-4-8-22/h2-19,28-30H,1H3,(H,36,40)/t28-,29+,30-,34+/m1/s1. The molecule has 4 aromatic carbocycles. The minimum absolute atomic E-state index is 0.183. The molecule has 3 aliphatic heterocycles. The van der Waals surface area contributed by atoms with Crippen molar-refractivity contribution in [3.8, 4) is 0 Å². The predicted molar refractivity (Wildman–Crippen MR) is 160 cm³/mol. The molecule has 1 fully saturated rings. The third-order valence-corrected chi connectivity index (χ3v) is 9.06. The Morgan fingerprint density at radius 2 is 1.55 bits per heavy atom. The van der Waals surface area contributed by atoms with Crippen molar-refractivity contribution in [3.63, 3.8) is 0 Å². The van der Waals surface area contributed by atoms with Crippen LogP contribution in [0.2, 0.25) is 0 Å². The van der Waals surface area contributed by atoms with Gasteiger partial charge in [-0.3, -0.25) is 14.4 Å². The Morgan fingerprint density at radius 3 is 2.33 bits per heavy atom. The largest absolute Gasteiger partial charge is 0.352 e. The highest BCUT2D eigenvalue weighted by atomic mass is 79.9. The number of rotatable bonds is 4. The summed E-state index contributed by atoms with van der Waals surface area (Å²) in [7, 11) is 0. The number of hydrogen-bond donors (Lipinski definition) is 1. The van der Waals surface area contributed by atoms with Gasteiger partial charge in [-0.1, -0.05) is 101 Å². The number of amides is 1. The number of fused-ring (bicyclic) bond motifs is 6. The molecule has 1 amide bonds. The minimum Gasteiger partial charge on any atom is -0.352 e. The zero-order valence-corrected chi connectivity index (χ0v) is 23.3. The number of hydrogen-bond acceptors (Lipinski definition) is 4. The van der Waals surface area contributed by atoms with Gasteiger partial charge in [0.1, 0.15) is 11.5 Å². The number of carbonyl (C=O) groups is 3. The smallest absolute Gasteiger partial charge is 0.238 e. The first-order chi connectivity index (χ1) is 19.4. The average Bonchev–Trinajstić information content (AvgIpc) is 3.45. The van der Waals surface area contributed by atoms with Crippen LogP contribution >= 0.6 is 15.9 Å². The molecule has 6 heteroatoms. The van der Waals surface area contributed by atoms with Crippen molar-refractivity contribution in [1.29, 1.82) is 0 Å². The molecule has 5 nitrogen and oxygen atoms in total. The van der Waals surface area contributed by atoms with Crippen LogP contribution in [0.5, 0.6) is 0 Å². The van der Waals surface area contributed by atoms with Crippen molar-refractivity contribution in [2.75, 3.05) is 10.2 Å². The molecule has 7 rings (SSSR count). The summed E-state index contributed by atoms with van der Waals surface area (Å²) in [4.78, 5) is 45.7. The van der Waals surface area contributed by atoms with Crippen LogP contribution in [0.25, 0.3) is 6.08 Å². The van der Waals surface area contributed by atoms with E-state index in [1.807, 2.05) is 90.7 Å². The number of carbonyl (C=O) groups excluding carboxylic acids is 3. The summed E-state index contributed by atoms with van der Waals surface area (Å²) in [5, 5.41) is 3.07. The SMILES string of the molecule is Cc1ccc2c(c1)N1[C@@H](C(=O)c3ccccc3)[C@@H](C(=O)c3ccc(Br)cc3)[C@@]3(C(=O)Nc4ccccc43)[C@H]1C=C2. The van der Waals surface area contributed by atoms with E-state index in [0.717, 1.165) is 26.9 Å². The summed E-state index contributed by atoms with van der Waals surface area (Å²) in [5.74, 6) is -1.65. The number of benzene rings is 4. The molecule has 0 aliphatic carbocycles. The van der Waals surface area contributed by atoms with Gasteiger partial charge in [0.05, 0.1) is 12.0 Å². The highest BCUT2D eigenvalue weighted by Gasteiger charge is 2.70. The molecule has 1 N–H and O–H groups in total. The molecular weight excluding hydrogens is 564 g/mol. The Bertz CT molecular complexity index is 1730. The lowest BCUT2D eigenvalue weighted by Crippen LogP contribution is -2.51. The summed E-state index contributed by atoms with van der Waals surface area (Å²) >= 11 is 3.46. The maximum Gasteiger partial charge on any atom is 0.238 e. The van der Waals surface area contributed by atoms with Crippen LogP contribution in [0.15, 0.2) is 108 Å². The third-order valence-electron chi connectivity index (χ3n) is 8.53. The summed E-state index contributed by atoms with van der Waals surface area (Å²) in [6.45, 7) is 2.01. The summed E-state index contributed by atoms with van der Waals surface area (Å²) in [6, 6.07) is 28.4. The van der Waals surface area contributed by atoms with Gasteiger partial charge in [-0.2, -0.15) is 0 Å². The fourth-order valence-electron chi connectivity index (χ4n) is 6.84. The molecule has 4 atom stereocenters. The Kier molecular flexibility index (Phi) is 5.65. The van der Waals surface area contributed by atoms with E-state index < -0.39 is 23.4 Å². The molecule has 3 aliphatic rings. The van der Waals surface area contributed by atoms with E-state index in [4.69, 9.17) is 0 Å². The number of anilines is 2. The third kappa shape index (κ3) is 3.42. The van der Waals surface area contributed by atoms with Gasteiger partial charge in [0.2, 0.25) is 5.91 Å². The lowest BCUT2D eigenvalue weighted by atomic mass is 9.64. The van der Waals surface area contributed by atoms with Crippen molar-refractivity contribution in [2.45, 2.75) is 24.4 Å². The Labute approximate surface area is 240 Å². The lowest BCUT2D eigenvalue weighted by Gasteiger charge is -2.37. The maximum absolute atomic E-state index is 14.7. The number of Topliss-reactive ketones (excluding diaryl/α,β-unsaturated/α-hetero) is 2. The maximum atomic E-state index is 14.7. The topological polar surface area (TPSA) is 66.5 Å². The highest BCUT2D eigenvalue weighted by molar-refractivity contribution is 9.10. The first-order valence-corrected chi connectivity index (χ1v) is 14.1. The van der Waals surface area contributed by atoms with Crippen LogP contribution < -0.4 is 10.2 Å². The molecule has 1 spiro atoms. The van der Waals surface area contributed by atoms with Crippen molar-refractivity contribution in [3.05, 3.63) is 135 Å². The van der Waals surface area contributed by atoms with E-state index in [0.29, 0.717) is 16.8 Å². The van der Waals surface area contributed by atoms with Crippen LogP contribution in [0.4, 0.5) is 11.4 Å². The molecule has 3 heterocycles. The number of ketones is 2. The number of nitrogens with zero attached hydrogens (tertiary/aromatic N) is 1. The van der Waals surface area contributed by atoms with Gasteiger partial charge < -0.3 is 10.2 Å². The molecule has 4 aromatic rings. The highest BCUT2D eigenvalue weighted by Crippen LogP contribution is 2.58. The van der Waals surface area contributed by atoms with E-state index in [-0.39, 0.29) is 17.5 Å². The number of nitrogens with one attached hydrogen (secondary N) is 1. The molecule has 0 bridgehead atoms. The van der Waals surface area contributed by atoms with Crippen LogP contribution in [-0.2, 0) is 10.2 Å². The molecule has 196 valence electrons. The molecule has 1 saturated heterocycles. The zero-order valence-electron chi connectivity index (χ0n) is 21.7. The summed E-state index contributed by atoms with van der Waals surface area (Å²) in [6.07, 6.45) is 4.02. The van der Waals surface area contributed by atoms with E-state index in [1.54, 1.807) is 24.3 Å². The van der Waals surface area contributed by atoms with Crippen molar-refractivity contribution < 1.29 is 14.4 Å². The fraction of sp³-hybridized carbons (Fsp3) is 0.147. The van der Waals surface area contributed by atoms with Gasteiger partial charge in [-0.15, -0.1) is 0 Å². The van der Waals surface area contributed by atoms with Gasteiger partial charge >= 0.3 is 0 Å². The summed E-state index contributed by atoms with van der Waals surface area (Å²) < 4.78 is 0.843. The molecule has 0 radical (unpaired) electrons. The van der Waals surface area contributed by atoms with Gasteiger partial charge in [0, 0.05) is 27.0 Å². The quantitative estimate of drug-likeness (QED) is 0.272. The zero-order chi connectivity index (χ0) is 27.6. The van der Waals surface area contributed by atoms with Crippen LogP contribution in [0.1, 0.15) is 37.4 Å². The fourth-order valence-corrected chi connectivity index (χ4v) is 7.11. The van der Waals surface area contributed by atoms with E-state index >= 15 is 0 Å². The average molecular weight is 589 g/mol. The lowest BCUT2D eigenvalue weighted by molar-refractivity contribution is -0.121. The second-order valence-electron chi connectivity index (χ2n) is 10.7. The number of halogens is 1. The van der Waals surface area contributed by atoms with E-state index in [1.165, 1.54) is 0 Å². The first kappa shape index (κ1) is 24.7. The monoisotopic (exact) mass is 588 g/mol. The van der Waals surface area contributed by atoms with Gasteiger partial charge in [-0.25, -0.2) is 0 Å². The Morgan fingerprint density at radius 1 is 0.850 bits per heavy atom. The summed E-state index contributed by atoms with van der Waals surface area (Å²) in [5.41, 5.74) is 3.92. The van der Waals surface area contributed by atoms with E-state index in [2.05, 4.69) is 27.3 Å². The van der Waals surface area contributed by atoms with Crippen molar-refractivity contribution in [2.24, 2.45) is 5.92 Å². The molecular formula is C34H25BrN2O3. The second kappa shape index (κ2) is 9.14. The second-order valence-corrected chi connectivity index (χ2v) is 11.6. The van der Waals surface area contributed by atoms with Gasteiger partial charge in [-0.05, 0) is 47.9 Å². The molecule has 0 aromatic heterocycles. The van der Waals surface area contributed by atoms with Gasteiger partial charge in [0.25, 0.3) is 0 Å². The minimum atomic E-state index is -1.31. The number of aryl methyl sites for hydroxylation is 1. The Hall–Kier alpha value is -4.29.